The standard InChI is InChI=1S/3C6H8O7.CO.3Ca.Fe/c3*7-3(8)1-6(13,5(11)12)2-4(9)10;1-2;;;;/h3*13H,1-2H2,(H,7,8)(H,9,10)(H,11,12);;;;;/q;;;;3*+2;/p-6. The van der Waals surface area contributed by atoms with Gasteiger partial charge in [-0.1, -0.05) is 0 Å². The molecule has 0 spiro atoms. The molecular formula is C19H18Ca3FeO22. The normalized spacial score (nSPS) is 9.60. The van der Waals surface area contributed by atoms with Crippen LogP contribution in [0.2, 0.25) is 0 Å². The summed E-state index contributed by atoms with van der Waals surface area (Å²) in [6, 6.07) is 0. The molecule has 0 aromatic heterocycles. The Balaban J connectivity index is -0.0000000891. The van der Waals surface area contributed by atoms with Crippen molar-refractivity contribution < 1.29 is 125 Å². The van der Waals surface area contributed by atoms with Crippen molar-refractivity contribution >= 4 is 172 Å². The van der Waals surface area contributed by atoms with Crippen LogP contribution in [0.4, 0.5) is 0 Å². The average Bonchev–Trinajstić information content (AvgIpc) is 2.71. The summed E-state index contributed by atoms with van der Waals surface area (Å²) in [5, 5.41) is 112. The van der Waals surface area contributed by atoms with Gasteiger partial charge in [0.1, 0.15) is 11.2 Å². The second kappa shape index (κ2) is 29.2. The van der Waals surface area contributed by atoms with Crippen LogP contribution in [-0.4, -0.2) is 219 Å². The van der Waals surface area contributed by atoms with Gasteiger partial charge < -0.3 is 90.0 Å². The zero-order valence-electron chi connectivity index (χ0n) is 22.4. The van der Waals surface area contributed by atoms with Crippen LogP contribution < -0.4 is 30.6 Å². The van der Waals surface area contributed by atoms with Gasteiger partial charge in [0.2, 0.25) is 0 Å². The Labute approximate surface area is 347 Å². The van der Waals surface area contributed by atoms with Crippen molar-refractivity contribution in [1.29, 1.82) is 0 Å². The van der Waals surface area contributed by atoms with Crippen molar-refractivity contribution in [3.63, 3.8) is 0 Å². The first-order chi connectivity index (χ1) is 18.7. The van der Waals surface area contributed by atoms with Gasteiger partial charge >= 0.3 is 156 Å². The van der Waals surface area contributed by atoms with Crippen molar-refractivity contribution in [2.75, 3.05) is 0 Å². The van der Waals surface area contributed by atoms with Gasteiger partial charge in [0.05, 0.1) is 24.8 Å². The fraction of sp³-hybridized carbons (Fsp3) is 0.474. The molecule has 0 aliphatic carbocycles. The maximum absolute atomic E-state index is 10.3. The molecule has 0 amide bonds. The molecule has 6 N–H and O–H groups in total. The Hall–Kier alpha value is -1.01. The number of hydrogen-bond donors (Lipinski definition) is 6. The summed E-state index contributed by atoms with van der Waals surface area (Å²) in [5.74, 6) is -17.0. The third kappa shape index (κ3) is 32.7. The Kier molecular flexibility index (Phi) is 38.5. The van der Waals surface area contributed by atoms with Crippen LogP contribution in [0.15, 0.2) is 0 Å². The second-order valence-electron chi connectivity index (χ2n) is 7.38. The van der Waals surface area contributed by atoms with Crippen molar-refractivity contribution in [1.82, 2.24) is 0 Å². The van der Waals surface area contributed by atoms with Crippen molar-refractivity contribution in [3.05, 3.63) is 0 Å². The SMILES string of the molecule is O=C(O)CC(O)(CC(=O)O)C(=O)O.O=C([O-])CC(O)(CC(=O)[O-])C(=O)[O-].O=C([O-])CC(O)(CC(=O)[O-])C(=O)[O-].O=[C]=[Fe].[Ca+2].[Ca+2].[Ca+2]. The number of aliphatic carboxylic acids is 9. The van der Waals surface area contributed by atoms with Crippen molar-refractivity contribution in [2.45, 2.75) is 55.3 Å². The molecule has 240 valence electrons. The first-order valence-electron chi connectivity index (χ1n) is 9.78. The van der Waals surface area contributed by atoms with Crippen LogP contribution in [-0.2, 0) is 63.5 Å². The topological polar surface area (TPSA) is 430 Å². The Morgan fingerprint density at radius 3 is 0.756 bits per heavy atom. The molecule has 0 aromatic rings. The predicted octanol–water partition coefficient (Wildman–Crippen LogP) is -13.3. The zero-order chi connectivity index (χ0) is 34.6. The summed E-state index contributed by atoms with van der Waals surface area (Å²) >= 11 is 2.68. The average molecular weight is 774 g/mol. The molecular weight excluding hydrogens is 756 g/mol. The Morgan fingerprint density at radius 2 is 0.667 bits per heavy atom. The summed E-state index contributed by atoms with van der Waals surface area (Å²) in [4.78, 5) is 100. The van der Waals surface area contributed by atoms with Gasteiger partial charge in [-0.3, -0.25) is 9.59 Å². The van der Waals surface area contributed by atoms with Crippen LogP contribution in [0.1, 0.15) is 38.5 Å². The van der Waals surface area contributed by atoms with E-state index in [1.165, 1.54) is 4.79 Å². The van der Waals surface area contributed by atoms with E-state index in [-0.39, 0.29) is 113 Å². The zero-order valence-corrected chi connectivity index (χ0v) is 30.2. The number of hydrogen-bond acceptors (Lipinski definition) is 19. The summed E-state index contributed by atoms with van der Waals surface area (Å²) in [6.45, 7) is 0. The number of carboxylic acid groups (broad SMARTS) is 9. The molecule has 26 heteroatoms. The summed E-state index contributed by atoms with van der Waals surface area (Å²) in [7, 11) is 0. The van der Waals surface area contributed by atoms with Crippen molar-refractivity contribution in [3.8, 4) is 0 Å². The molecule has 0 bridgehead atoms. The molecule has 0 aliphatic rings. The number of carboxylic acids is 9. The summed E-state index contributed by atoms with van der Waals surface area (Å²) < 4.78 is 0. The largest absolute Gasteiger partial charge is 2.00 e. The van der Waals surface area contributed by atoms with Crippen LogP contribution in [0.3, 0.4) is 0 Å². The summed E-state index contributed by atoms with van der Waals surface area (Å²) in [6.07, 6.45) is -7.72. The molecule has 0 fully saturated rings. The minimum absolute atomic E-state index is 0. The second-order valence-corrected chi connectivity index (χ2v) is 7.61. The van der Waals surface area contributed by atoms with E-state index in [9.17, 15) is 73.8 Å². The first-order valence-corrected chi connectivity index (χ1v) is 10.3. The number of rotatable bonds is 15. The number of carbonyl (C=O) groups excluding carboxylic acids is 7. The smallest absolute Gasteiger partial charge is 2.00 e. The van der Waals surface area contributed by atoms with Gasteiger partial charge in [-0.2, -0.15) is 0 Å². The minimum atomic E-state index is -2.97. The number of carbonyl (C=O) groups is 9. The van der Waals surface area contributed by atoms with E-state index in [0.717, 1.165) is 0 Å². The Morgan fingerprint density at radius 1 is 0.489 bits per heavy atom. The molecule has 0 aromatic carbocycles. The number of aliphatic hydroxyl groups is 3. The maximum atomic E-state index is 10.3. The molecule has 22 nitrogen and oxygen atoms in total. The van der Waals surface area contributed by atoms with E-state index in [2.05, 4.69) is 15.6 Å². The van der Waals surface area contributed by atoms with E-state index in [1.54, 1.807) is 0 Å². The molecule has 0 atom stereocenters. The molecule has 0 rings (SSSR count). The van der Waals surface area contributed by atoms with E-state index < -0.39 is 109 Å². The maximum Gasteiger partial charge on any atom is 2.00 e. The van der Waals surface area contributed by atoms with Gasteiger partial charge in [-0.15, -0.1) is 0 Å². The third-order valence-corrected chi connectivity index (χ3v) is 3.79. The van der Waals surface area contributed by atoms with Gasteiger partial charge in [0.15, 0.2) is 5.60 Å². The van der Waals surface area contributed by atoms with Gasteiger partial charge in [-0.25, -0.2) is 4.79 Å². The first kappa shape index (κ1) is 59.4. The predicted molar refractivity (Wildman–Crippen MR) is 118 cm³/mol. The van der Waals surface area contributed by atoms with E-state index in [0.29, 0.717) is 0 Å². The van der Waals surface area contributed by atoms with Crippen LogP contribution >= 0.6 is 0 Å². The molecule has 0 saturated heterocycles. The molecule has 0 unspecified atom stereocenters. The molecule has 0 radical (unpaired) electrons. The quantitative estimate of drug-likeness (QED) is 0.0841. The minimum Gasteiger partial charge on any atom is 2.00 e. The van der Waals surface area contributed by atoms with Gasteiger partial charge in [0, 0.05) is 49.6 Å². The van der Waals surface area contributed by atoms with Crippen LogP contribution in [0.5, 0.6) is 0 Å². The fourth-order valence-electron chi connectivity index (χ4n) is 2.08. The van der Waals surface area contributed by atoms with Gasteiger partial charge in [-0.05, 0) is 0 Å². The Bertz CT molecular complexity index is 914. The molecule has 0 saturated carbocycles. The molecule has 45 heavy (non-hydrogen) atoms. The van der Waals surface area contributed by atoms with Crippen LogP contribution in [0.25, 0.3) is 0 Å². The van der Waals surface area contributed by atoms with E-state index in [4.69, 9.17) is 35.4 Å². The molecule has 0 aliphatic heterocycles. The van der Waals surface area contributed by atoms with E-state index in [1.807, 2.05) is 0 Å². The fourth-order valence-corrected chi connectivity index (χ4v) is 2.08. The van der Waals surface area contributed by atoms with Crippen molar-refractivity contribution in [2.24, 2.45) is 0 Å². The van der Waals surface area contributed by atoms with E-state index >= 15 is 0 Å². The monoisotopic (exact) mass is 774 g/mol. The third-order valence-electron chi connectivity index (χ3n) is 3.79. The van der Waals surface area contributed by atoms with Gasteiger partial charge in [0.25, 0.3) is 0 Å². The van der Waals surface area contributed by atoms with Crippen LogP contribution in [0, 0.1) is 0 Å². The molecule has 0 heterocycles. The summed E-state index contributed by atoms with van der Waals surface area (Å²) in [5.41, 5.74) is -8.69.